The lowest BCUT2D eigenvalue weighted by atomic mass is 9.82. The van der Waals surface area contributed by atoms with Crippen LogP contribution in [0.1, 0.15) is 34.8 Å². The van der Waals surface area contributed by atoms with Crippen molar-refractivity contribution in [3.8, 4) is 0 Å². The maximum atomic E-state index is 12.9. The number of ketones is 1. The fourth-order valence-electron chi connectivity index (χ4n) is 3.22. The third-order valence-electron chi connectivity index (χ3n) is 4.47. The number of nitrogens with zero attached hydrogens (tertiary/aromatic N) is 1. The lowest BCUT2D eigenvalue weighted by Crippen LogP contribution is -2.39. The van der Waals surface area contributed by atoms with E-state index in [1.807, 2.05) is 66.4 Å². The van der Waals surface area contributed by atoms with Gasteiger partial charge in [0.2, 0.25) is 5.91 Å². The number of fused-ring (bicyclic) bond motifs is 1. The van der Waals surface area contributed by atoms with Gasteiger partial charge in [-0.3, -0.25) is 9.59 Å². The molecule has 118 valence electrons. The van der Waals surface area contributed by atoms with E-state index < -0.39 is 0 Å². The van der Waals surface area contributed by atoms with Gasteiger partial charge in [0.15, 0.2) is 5.78 Å². The Morgan fingerprint density at radius 2 is 1.74 bits per heavy atom. The van der Waals surface area contributed by atoms with Gasteiger partial charge in [-0.15, -0.1) is 0 Å². The summed E-state index contributed by atoms with van der Waals surface area (Å²) in [6.07, 6.45) is 0.979. The molecule has 0 bridgehead atoms. The molecule has 3 rings (SSSR count). The normalized spacial score (nSPS) is 16.7. The van der Waals surface area contributed by atoms with Crippen LogP contribution in [-0.2, 0) is 17.8 Å². The van der Waals surface area contributed by atoms with Gasteiger partial charge in [0.05, 0.1) is 0 Å². The topological polar surface area (TPSA) is 37.4 Å². The molecule has 0 spiro atoms. The smallest absolute Gasteiger partial charge is 0.226 e. The highest BCUT2D eigenvalue weighted by Crippen LogP contribution is 2.27. The van der Waals surface area contributed by atoms with Crippen molar-refractivity contribution in [2.45, 2.75) is 26.3 Å². The molecule has 0 fully saturated rings. The van der Waals surface area contributed by atoms with E-state index in [4.69, 9.17) is 0 Å². The Labute approximate surface area is 136 Å². The molecule has 0 saturated heterocycles. The zero-order chi connectivity index (χ0) is 16.2. The van der Waals surface area contributed by atoms with Crippen LogP contribution in [0.4, 0.5) is 0 Å². The van der Waals surface area contributed by atoms with E-state index in [9.17, 15) is 9.59 Å². The minimum absolute atomic E-state index is 0.0826. The van der Waals surface area contributed by atoms with Gasteiger partial charge < -0.3 is 4.90 Å². The van der Waals surface area contributed by atoms with Crippen molar-refractivity contribution in [2.75, 3.05) is 6.54 Å². The molecule has 3 nitrogen and oxygen atoms in total. The summed E-state index contributed by atoms with van der Waals surface area (Å²) in [5.41, 5.74) is 2.89. The van der Waals surface area contributed by atoms with Crippen LogP contribution in [0, 0.1) is 5.92 Å². The molecule has 1 unspecified atom stereocenters. The molecule has 3 heteroatoms. The van der Waals surface area contributed by atoms with Gasteiger partial charge in [-0.2, -0.15) is 0 Å². The predicted octanol–water partition coefficient (Wildman–Crippen LogP) is 3.48. The summed E-state index contributed by atoms with van der Waals surface area (Å²) in [6, 6.07) is 17.6. The molecule has 0 aromatic heterocycles. The van der Waals surface area contributed by atoms with E-state index in [0.717, 1.165) is 16.7 Å². The summed E-state index contributed by atoms with van der Waals surface area (Å²) in [5, 5.41) is 0. The van der Waals surface area contributed by atoms with E-state index in [-0.39, 0.29) is 17.6 Å². The fraction of sp³-hybridized carbons (Fsp3) is 0.300. The number of benzene rings is 2. The van der Waals surface area contributed by atoms with E-state index in [0.29, 0.717) is 25.9 Å². The molecule has 0 saturated carbocycles. The third-order valence-corrected chi connectivity index (χ3v) is 4.47. The maximum Gasteiger partial charge on any atom is 0.226 e. The van der Waals surface area contributed by atoms with Crippen molar-refractivity contribution in [1.29, 1.82) is 0 Å². The Bertz CT molecular complexity index is 709. The van der Waals surface area contributed by atoms with Crippen LogP contribution >= 0.6 is 0 Å². The van der Waals surface area contributed by atoms with Gasteiger partial charge in [-0.25, -0.2) is 0 Å². The quantitative estimate of drug-likeness (QED) is 0.867. The number of hydrogen-bond acceptors (Lipinski definition) is 2. The number of carbonyl (C=O) groups is 2. The van der Waals surface area contributed by atoms with Crippen LogP contribution < -0.4 is 0 Å². The zero-order valence-corrected chi connectivity index (χ0v) is 13.4. The highest BCUT2D eigenvalue weighted by molar-refractivity contribution is 6.01. The molecule has 2 aromatic rings. The second kappa shape index (κ2) is 6.78. The Morgan fingerprint density at radius 1 is 1.04 bits per heavy atom. The van der Waals surface area contributed by atoms with Gasteiger partial charge in [-0.1, -0.05) is 54.6 Å². The van der Waals surface area contributed by atoms with Crippen molar-refractivity contribution in [3.63, 3.8) is 0 Å². The third kappa shape index (κ3) is 3.34. The molecule has 1 amide bonds. The second-order valence-corrected chi connectivity index (χ2v) is 6.02. The van der Waals surface area contributed by atoms with Gasteiger partial charge >= 0.3 is 0 Å². The minimum atomic E-state index is -0.235. The lowest BCUT2D eigenvalue weighted by Gasteiger charge is -2.29. The van der Waals surface area contributed by atoms with Crippen molar-refractivity contribution in [3.05, 3.63) is 71.3 Å². The van der Waals surface area contributed by atoms with Gasteiger partial charge in [0.1, 0.15) is 0 Å². The molecule has 1 atom stereocenters. The van der Waals surface area contributed by atoms with Crippen LogP contribution in [0.25, 0.3) is 0 Å². The Morgan fingerprint density at radius 3 is 2.48 bits per heavy atom. The first-order valence-electron chi connectivity index (χ1n) is 8.13. The van der Waals surface area contributed by atoms with Crippen LogP contribution in [-0.4, -0.2) is 23.1 Å². The molecule has 2 aromatic carbocycles. The van der Waals surface area contributed by atoms with Crippen LogP contribution in [0.2, 0.25) is 0 Å². The van der Waals surface area contributed by atoms with E-state index in [1.54, 1.807) is 0 Å². The summed E-state index contributed by atoms with van der Waals surface area (Å²) >= 11 is 0. The first-order chi connectivity index (χ1) is 11.2. The second-order valence-electron chi connectivity index (χ2n) is 6.02. The first-order valence-corrected chi connectivity index (χ1v) is 8.13. The largest absolute Gasteiger partial charge is 0.338 e. The highest BCUT2D eigenvalue weighted by atomic mass is 16.2. The molecule has 0 radical (unpaired) electrons. The number of rotatable bonds is 4. The van der Waals surface area contributed by atoms with Gasteiger partial charge in [-0.05, 0) is 24.5 Å². The van der Waals surface area contributed by atoms with Gasteiger partial charge in [0.25, 0.3) is 0 Å². The number of carbonyl (C=O) groups excluding carboxylic acids is 2. The average Bonchev–Trinajstić information content (AvgIpc) is 2.60. The average molecular weight is 307 g/mol. The summed E-state index contributed by atoms with van der Waals surface area (Å²) < 4.78 is 0. The summed E-state index contributed by atoms with van der Waals surface area (Å²) in [4.78, 5) is 27.0. The first kappa shape index (κ1) is 15.5. The van der Waals surface area contributed by atoms with Crippen LogP contribution in [0.5, 0.6) is 0 Å². The summed E-state index contributed by atoms with van der Waals surface area (Å²) in [5.74, 6) is -0.0683. The highest BCUT2D eigenvalue weighted by Gasteiger charge is 2.31. The van der Waals surface area contributed by atoms with Crippen molar-refractivity contribution in [1.82, 2.24) is 4.90 Å². The molecule has 23 heavy (non-hydrogen) atoms. The SMILES string of the molecule is CCN(Cc1ccccc1)C(=O)C1CC(=O)c2ccccc2C1. The molecule has 0 heterocycles. The van der Waals surface area contributed by atoms with Crippen molar-refractivity contribution in [2.24, 2.45) is 5.92 Å². The summed E-state index contributed by atoms with van der Waals surface area (Å²) in [6.45, 7) is 3.24. The zero-order valence-electron chi connectivity index (χ0n) is 13.4. The standard InChI is InChI=1S/C20H21NO2/c1-2-21(14-15-8-4-3-5-9-15)20(23)17-12-16-10-6-7-11-18(16)19(22)13-17/h3-11,17H,2,12-14H2,1H3. The Balaban J connectivity index is 1.76. The number of amides is 1. The lowest BCUT2D eigenvalue weighted by molar-refractivity contribution is -0.136. The fourth-order valence-corrected chi connectivity index (χ4v) is 3.22. The van der Waals surface area contributed by atoms with E-state index in [2.05, 4.69) is 0 Å². The van der Waals surface area contributed by atoms with Crippen molar-refractivity contribution >= 4 is 11.7 Å². The Hall–Kier alpha value is -2.42. The van der Waals surface area contributed by atoms with E-state index >= 15 is 0 Å². The minimum Gasteiger partial charge on any atom is -0.338 e. The maximum absolute atomic E-state index is 12.9. The van der Waals surface area contributed by atoms with Crippen molar-refractivity contribution < 1.29 is 9.59 Å². The molecule has 0 N–H and O–H groups in total. The molecular weight excluding hydrogens is 286 g/mol. The monoisotopic (exact) mass is 307 g/mol. The van der Waals surface area contributed by atoms with E-state index in [1.165, 1.54) is 0 Å². The van der Waals surface area contributed by atoms with Crippen LogP contribution in [0.3, 0.4) is 0 Å². The van der Waals surface area contributed by atoms with Gasteiger partial charge in [0, 0.05) is 31.0 Å². The Kier molecular flexibility index (Phi) is 4.56. The summed E-state index contributed by atoms with van der Waals surface area (Å²) in [7, 11) is 0. The molecule has 1 aliphatic carbocycles. The van der Waals surface area contributed by atoms with Crippen LogP contribution in [0.15, 0.2) is 54.6 Å². The number of hydrogen-bond donors (Lipinski definition) is 0. The molecule has 0 aliphatic heterocycles. The molecule has 1 aliphatic rings. The predicted molar refractivity (Wildman–Crippen MR) is 90.1 cm³/mol. The number of Topliss-reactive ketones (excluding diaryl/α,β-unsaturated/α-hetero) is 1. The molecular formula is C20H21NO2.